The van der Waals surface area contributed by atoms with Crippen LogP contribution in [0.1, 0.15) is 28.0 Å². The zero-order valence-corrected chi connectivity index (χ0v) is 18.9. The standard InChI is InChI=1S/C23H14ClF6N3O4/c24-15-9-17(33-21(36)37)16(8-14(15)22(25,26)27)32-20(35)10-18(34)13-3-1-2-11(6-13)12-4-5-31-19(7-12)23(28,29)30/h1-9,33H,10H2,(H,32,35)(H,36,37). The number of anilines is 2. The Hall–Kier alpha value is -4.13. The molecule has 0 bridgehead atoms. The first-order valence-corrected chi connectivity index (χ1v) is 10.4. The molecule has 0 aliphatic carbocycles. The predicted octanol–water partition coefficient (Wildman–Crippen LogP) is 6.74. The molecule has 14 heteroatoms. The molecule has 0 aliphatic heterocycles. The molecule has 0 aliphatic rings. The third-order valence-corrected chi connectivity index (χ3v) is 5.13. The summed E-state index contributed by atoms with van der Waals surface area (Å²) in [7, 11) is 0. The number of carbonyl (C=O) groups excluding carboxylic acids is 2. The second-order valence-corrected chi connectivity index (χ2v) is 7.87. The van der Waals surface area contributed by atoms with E-state index in [2.05, 4.69) is 4.98 Å². The monoisotopic (exact) mass is 545 g/mol. The number of halogens is 7. The molecule has 0 atom stereocenters. The number of rotatable bonds is 6. The smallest absolute Gasteiger partial charge is 0.433 e. The molecule has 1 aromatic heterocycles. The third kappa shape index (κ3) is 6.97. The van der Waals surface area contributed by atoms with Gasteiger partial charge in [-0.05, 0) is 41.5 Å². The zero-order valence-electron chi connectivity index (χ0n) is 18.2. The fraction of sp³-hybridized carbons (Fsp3) is 0.130. The summed E-state index contributed by atoms with van der Waals surface area (Å²) in [6, 6.07) is 8.49. The van der Waals surface area contributed by atoms with Crippen molar-refractivity contribution in [3.05, 3.63) is 76.6 Å². The number of pyridine rings is 1. The fourth-order valence-electron chi connectivity index (χ4n) is 3.19. The van der Waals surface area contributed by atoms with Crippen molar-refractivity contribution in [2.24, 2.45) is 0 Å². The van der Waals surface area contributed by atoms with Crippen LogP contribution in [0.4, 0.5) is 42.5 Å². The van der Waals surface area contributed by atoms with Crippen LogP contribution in [-0.2, 0) is 17.1 Å². The van der Waals surface area contributed by atoms with E-state index in [0.29, 0.717) is 12.1 Å². The lowest BCUT2D eigenvalue weighted by atomic mass is 10.00. The number of carbonyl (C=O) groups is 3. The van der Waals surface area contributed by atoms with Crippen LogP contribution in [0.3, 0.4) is 0 Å². The number of nitrogens with one attached hydrogen (secondary N) is 2. The number of ketones is 1. The minimum atomic E-state index is -4.92. The Morgan fingerprint density at radius 2 is 1.51 bits per heavy atom. The molecule has 3 aromatic rings. The second kappa shape index (κ2) is 10.5. The number of hydrogen-bond donors (Lipinski definition) is 3. The maximum absolute atomic E-state index is 13.2. The normalized spacial score (nSPS) is 11.6. The minimum Gasteiger partial charge on any atom is -0.465 e. The Balaban J connectivity index is 1.83. The molecule has 0 saturated carbocycles. The van der Waals surface area contributed by atoms with E-state index in [9.17, 15) is 40.7 Å². The number of carboxylic acid groups (broad SMARTS) is 1. The maximum Gasteiger partial charge on any atom is 0.433 e. The van der Waals surface area contributed by atoms with Crippen LogP contribution >= 0.6 is 11.6 Å². The van der Waals surface area contributed by atoms with Crippen molar-refractivity contribution in [1.82, 2.24) is 4.98 Å². The Morgan fingerprint density at radius 1 is 0.865 bits per heavy atom. The molecule has 3 N–H and O–H groups in total. The van der Waals surface area contributed by atoms with E-state index in [-0.39, 0.29) is 16.7 Å². The number of alkyl halides is 6. The SMILES string of the molecule is O=C(O)Nc1cc(Cl)c(C(F)(F)F)cc1NC(=O)CC(=O)c1cccc(-c2ccnc(C(F)(F)F)c2)c1. The molecule has 194 valence electrons. The van der Waals surface area contributed by atoms with Crippen LogP contribution in [0, 0.1) is 0 Å². The average Bonchev–Trinajstić information content (AvgIpc) is 2.79. The summed E-state index contributed by atoms with van der Waals surface area (Å²) >= 11 is 5.58. The Kier molecular flexibility index (Phi) is 7.77. The molecule has 3 rings (SSSR count). The highest BCUT2D eigenvalue weighted by atomic mass is 35.5. The Labute approximate surface area is 209 Å². The van der Waals surface area contributed by atoms with Crippen LogP contribution in [0.25, 0.3) is 11.1 Å². The molecule has 0 radical (unpaired) electrons. The highest BCUT2D eigenvalue weighted by Gasteiger charge is 2.35. The molecule has 0 spiro atoms. The molecule has 0 saturated heterocycles. The molecular weight excluding hydrogens is 532 g/mol. The van der Waals surface area contributed by atoms with Gasteiger partial charge in [-0.1, -0.05) is 29.8 Å². The molecule has 1 heterocycles. The molecule has 7 nitrogen and oxygen atoms in total. The van der Waals surface area contributed by atoms with E-state index in [4.69, 9.17) is 16.7 Å². The van der Waals surface area contributed by atoms with Gasteiger partial charge < -0.3 is 10.4 Å². The minimum absolute atomic E-state index is 0.0611. The maximum atomic E-state index is 13.2. The van der Waals surface area contributed by atoms with Crippen molar-refractivity contribution in [2.75, 3.05) is 10.6 Å². The highest BCUT2D eigenvalue weighted by Crippen LogP contribution is 2.39. The topological polar surface area (TPSA) is 108 Å². The van der Waals surface area contributed by atoms with Crippen LogP contribution in [0.5, 0.6) is 0 Å². The lowest BCUT2D eigenvalue weighted by Crippen LogP contribution is -2.19. The van der Waals surface area contributed by atoms with Gasteiger partial charge in [0.15, 0.2) is 5.78 Å². The van der Waals surface area contributed by atoms with E-state index in [0.717, 1.165) is 12.3 Å². The molecular formula is C23H14ClF6N3O4. The van der Waals surface area contributed by atoms with Gasteiger partial charge in [-0.15, -0.1) is 0 Å². The van der Waals surface area contributed by atoms with E-state index >= 15 is 0 Å². The third-order valence-electron chi connectivity index (χ3n) is 4.82. The number of aromatic nitrogens is 1. The first-order chi connectivity index (χ1) is 17.1. The average molecular weight is 546 g/mol. The first-order valence-electron chi connectivity index (χ1n) is 10.0. The van der Waals surface area contributed by atoms with E-state index < -0.39 is 64.2 Å². The number of Topliss-reactive ketones (excluding diaryl/α,β-unsaturated/α-hetero) is 1. The Morgan fingerprint density at radius 3 is 2.14 bits per heavy atom. The van der Waals surface area contributed by atoms with Crippen molar-refractivity contribution in [2.45, 2.75) is 18.8 Å². The molecule has 0 unspecified atom stereocenters. The van der Waals surface area contributed by atoms with Gasteiger partial charge in [0.2, 0.25) is 5.91 Å². The van der Waals surface area contributed by atoms with Crippen LogP contribution in [-0.4, -0.2) is 27.9 Å². The summed E-state index contributed by atoms with van der Waals surface area (Å²) in [5.41, 5.74) is -3.29. The number of benzene rings is 2. The van der Waals surface area contributed by atoms with E-state index in [1.54, 1.807) is 5.32 Å². The summed E-state index contributed by atoms with van der Waals surface area (Å²) in [5.74, 6) is -1.88. The molecule has 2 aromatic carbocycles. The predicted molar refractivity (Wildman–Crippen MR) is 120 cm³/mol. The summed E-state index contributed by atoms with van der Waals surface area (Å²) in [6.45, 7) is 0. The molecule has 37 heavy (non-hydrogen) atoms. The zero-order chi connectivity index (χ0) is 27.5. The van der Waals surface area contributed by atoms with Crippen molar-refractivity contribution < 1.29 is 45.8 Å². The van der Waals surface area contributed by atoms with Crippen molar-refractivity contribution in [3.63, 3.8) is 0 Å². The first kappa shape index (κ1) is 27.5. The summed E-state index contributed by atoms with van der Waals surface area (Å²) < 4.78 is 78.5. The van der Waals surface area contributed by atoms with Gasteiger partial charge >= 0.3 is 18.4 Å². The molecule has 2 amide bonds. The summed E-state index contributed by atoms with van der Waals surface area (Å²) in [5, 5.41) is 11.9. The summed E-state index contributed by atoms with van der Waals surface area (Å²) in [6.07, 6.45) is -11.2. The number of hydrogen-bond acceptors (Lipinski definition) is 4. The van der Waals surface area contributed by atoms with Crippen molar-refractivity contribution >= 4 is 40.8 Å². The Bertz CT molecular complexity index is 1380. The number of amides is 2. The van der Waals surface area contributed by atoms with Crippen molar-refractivity contribution in [1.29, 1.82) is 0 Å². The second-order valence-electron chi connectivity index (χ2n) is 7.46. The van der Waals surface area contributed by atoms with Gasteiger partial charge in [0, 0.05) is 11.8 Å². The van der Waals surface area contributed by atoms with Gasteiger partial charge in [-0.25, -0.2) is 4.79 Å². The highest BCUT2D eigenvalue weighted by molar-refractivity contribution is 6.32. The van der Waals surface area contributed by atoms with Gasteiger partial charge in [-0.3, -0.25) is 19.9 Å². The van der Waals surface area contributed by atoms with Gasteiger partial charge in [0.1, 0.15) is 5.69 Å². The van der Waals surface area contributed by atoms with E-state index in [1.165, 1.54) is 30.3 Å². The van der Waals surface area contributed by atoms with Gasteiger partial charge in [-0.2, -0.15) is 26.3 Å². The van der Waals surface area contributed by atoms with Gasteiger partial charge in [0.05, 0.1) is 28.4 Å². The molecule has 0 fully saturated rings. The van der Waals surface area contributed by atoms with Crippen LogP contribution < -0.4 is 10.6 Å². The fourth-order valence-corrected chi connectivity index (χ4v) is 3.46. The largest absolute Gasteiger partial charge is 0.465 e. The van der Waals surface area contributed by atoms with E-state index in [1.807, 2.05) is 5.32 Å². The lowest BCUT2D eigenvalue weighted by molar-refractivity contribution is -0.141. The van der Waals surface area contributed by atoms with Gasteiger partial charge in [0.25, 0.3) is 0 Å². The van der Waals surface area contributed by atoms with Crippen LogP contribution in [0.15, 0.2) is 54.7 Å². The van der Waals surface area contributed by atoms with Crippen LogP contribution in [0.2, 0.25) is 5.02 Å². The van der Waals surface area contributed by atoms with Crippen molar-refractivity contribution in [3.8, 4) is 11.1 Å². The lowest BCUT2D eigenvalue weighted by Gasteiger charge is -2.16. The number of nitrogens with zero attached hydrogens (tertiary/aromatic N) is 1. The summed E-state index contributed by atoms with van der Waals surface area (Å²) in [4.78, 5) is 39.3. The quantitative estimate of drug-likeness (QED) is 0.181.